The molecule has 9 heteroatoms. The predicted octanol–water partition coefficient (Wildman–Crippen LogP) is 0.961. The smallest absolute Gasteiger partial charge is 0.252 e. The van der Waals surface area contributed by atoms with Crippen molar-refractivity contribution in [2.75, 3.05) is 40.4 Å². The van der Waals surface area contributed by atoms with Crippen LogP contribution in [0.4, 0.5) is 0 Å². The van der Waals surface area contributed by atoms with E-state index in [1.807, 2.05) is 11.9 Å². The van der Waals surface area contributed by atoms with Crippen LogP contribution >= 0.6 is 22.9 Å². The number of hydrogen-bond donors (Lipinski definition) is 1. The standard InChI is InChI=1S/C10H18ClN3O3S2/c1-8-9(18-10(11)13-8)19(15,16)12-4-5-14(2)6-7-17-3/h12H,4-7H2,1-3H3. The van der Waals surface area contributed by atoms with Crippen LogP contribution in [0, 0.1) is 6.92 Å². The molecule has 6 nitrogen and oxygen atoms in total. The monoisotopic (exact) mass is 327 g/mol. The lowest BCUT2D eigenvalue weighted by atomic mass is 10.5. The Hall–Kier alpha value is -0.250. The third-order valence-corrected chi connectivity index (χ3v) is 5.77. The molecule has 0 amide bonds. The normalized spacial score (nSPS) is 12.3. The van der Waals surface area contributed by atoms with Crippen molar-refractivity contribution in [1.29, 1.82) is 0 Å². The summed E-state index contributed by atoms with van der Waals surface area (Å²) in [4.78, 5) is 5.88. The van der Waals surface area contributed by atoms with E-state index < -0.39 is 10.0 Å². The summed E-state index contributed by atoms with van der Waals surface area (Å²) in [6, 6.07) is 0. The molecule has 1 aromatic heterocycles. The molecule has 1 aromatic rings. The maximum absolute atomic E-state index is 12.0. The second kappa shape index (κ2) is 7.51. The fraction of sp³-hybridized carbons (Fsp3) is 0.700. The van der Waals surface area contributed by atoms with Crippen molar-refractivity contribution in [2.24, 2.45) is 0 Å². The topological polar surface area (TPSA) is 71.5 Å². The van der Waals surface area contributed by atoms with Crippen LogP contribution in [0.2, 0.25) is 4.47 Å². The van der Waals surface area contributed by atoms with Crippen LogP contribution < -0.4 is 4.72 Å². The van der Waals surface area contributed by atoms with Gasteiger partial charge in [0.25, 0.3) is 10.0 Å². The zero-order valence-electron chi connectivity index (χ0n) is 11.1. The van der Waals surface area contributed by atoms with E-state index in [1.165, 1.54) is 0 Å². The van der Waals surface area contributed by atoms with Crippen molar-refractivity contribution < 1.29 is 13.2 Å². The maximum atomic E-state index is 12.0. The summed E-state index contributed by atoms with van der Waals surface area (Å²) in [5, 5.41) is 0. The van der Waals surface area contributed by atoms with Crippen molar-refractivity contribution in [3.8, 4) is 0 Å². The fourth-order valence-electron chi connectivity index (χ4n) is 1.40. The van der Waals surface area contributed by atoms with E-state index in [-0.39, 0.29) is 8.68 Å². The molecule has 0 radical (unpaired) electrons. The molecule has 0 spiro atoms. The first kappa shape index (κ1) is 16.8. The Labute approximate surface area is 122 Å². The molecule has 0 bridgehead atoms. The number of methoxy groups -OCH3 is 1. The molecule has 1 N–H and O–H groups in total. The molecule has 0 aliphatic heterocycles. The van der Waals surface area contributed by atoms with E-state index in [0.29, 0.717) is 25.4 Å². The van der Waals surface area contributed by atoms with Crippen LogP contribution in [0.5, 0.6) is 0 Å². The minimum atomic E-state index is -3.52. The summed E-state index contributed by atoms with van der Waals surface area (Å²) >= 11 is 6.67. The average Bonchev–Trinajstić information content (AvgIpc) is 2.66. The number of rotatable bonds is 8. The van der Waals surface area contributed by atoms with Gasteiger partial charge < -0.3 is 9.64 Å². The zero-order valence-corrected chi connectivity index (χ0v) is 13.5. The Kier molecular flexibility index (Phi) is 6.64. The summed E-state index contributed by atoms with van der Waals surface area (Å²) in [7, 11) is 0.0141. The summed E-state index contributed by atoms with van der Waals surface area (Å²) < 4.78 is 31.9. The number of thiazole rings is 1. The second-order valence-electron chi connectivity index (χ2n) is 4.03. The van der Waals surface area contributed by atoms with Crippen molar-refractivity contribution in [2.45, 2.75) is 11.1 Å². The third kappa shape index (κ3) is 5.33. The Bertz CT molecular complexity index is 504. The molecule has 0 saturated heterocycles. The van der Waals surface area contributed by atoms with Crippen LogP contribution in [-0.2, 0) is 14.8 Å². The van der Waals surface area contributed by atoms with E-state index in [1.54, 1.807) is 14.0 Å². The molecular formula is C10H18ClN3O3S2. The molecule has 0 aromatic carbocycles. The minimum absolute atomic E-state index is 0.178. The molecule has 110 valence electrons. The molecule has 1 heterocycles. The second-order valence-corrected chi connectivity index (χ2v) is 7.58. The number of aryl methyl sites for hydroxylation is 1. The molecule has 0 fully saturated rings. The fourth-order valence-corrected chi connectivity index (χ4v) is 4.20. The van der Waals surface area contributed by atoms with Gasteiger partial charge >= 0.3 is 0 Å². The summed E-state index contributed by atoms with van der Waals surface area (Å²) in [5.41, 5.74) is 0.426. The molecular weight excluding hydrogens is 310 g/mol. The number of aromatic nitrogens is 1. The Balaban J connectivity index is 2.50. The Morgan fingerprint density at radius 1 is 1.47 bits per heavy atom. The van der Waals surface area contributed by atoms with Gasteiger partial charge in [0, 0.05) is 26.7 Å². The van der Waals surface area contributed by atoms with Gasteiger partial charge in [0.1, 0.15) is 0 Å². The summed E-state index contributed by atoms with van der Waals surface area (Å²) in [5.74, 6) is 0. The number of hydrogen-bond acceptors (Lipinski definition) is 6. The average molecular weight is 328 g/mol. The number of ether oxygens (including phenoxy) is 1. The third-order valence-electron chi connectivity index (χ3n) is 2.43. The van der Waals surface area contributed by atoms with Gasteiger partial charge in [0.05, 0.1) is 12.3 Å². The van der Waals surface area contributed by atoms with Gasteiger partial charge in [-0.15, -0.1) is 0 Å². The zero-order chi connectivity index (χ0) is 14.5. The quantitative estimate of drug-likeness (QED) is 0.770. The Morgan fingerprint density at radius 2 is 2.16 bits per heavy atom. The van der Waals surface area contributed by atoms with E-state index in [2.05, 4.69) is 9.71 Å². The van der Waals surface area contributed by atoms with Crippen molar-refractivity contribution in [3.63, 3.8) is 0 Å². The highest BCUT2D eigenvalue weighted by Gasteiger charge is 2.20. The summed E-state index contributed by atoms with van der Waals surface area (Å²) in [6.07, 6.45) is 0. The van der Waals surface area contributed by atoms with Gasteiger partial charge in [-0.2, -0.15) is 0 Å². The lowest BCUT2D eigenvalue weighted by molar-refractivity contribution is 0.162. The number of nitrogens with zero attached hydrogens (tertiary/aromatic N) is 2. The van der Waals surface area contributed by atoms with Gasteiger partial charge in [-0.3, -0.25) is 0 Å². The maximum Gasteiger partial charge on any atom is 0.252 e. The molecule has 0 unspecified atom stereocenters. The summed E-state index contributed by atoms with van der Waals surface area (Å²) in [6.45, 7) is 3.93. The highest BCUT2D eigenvalue weighted by Crippen LogP contribution is 2.26. The molecule has 0 aliphatic rings. The van der Waals surface area contributed by atoms with Gasteiger partial charge in [0.15, 0.2) is 8.68 Å². The number of sulfonamides is 1. The van der Waals surface area contributed by atoms with E-state index in [9.17, 15) is 8.42 Å². The molecule has 1 rings (SSSR count). The molecule has 0 aliphatic carbocycles. The van der Waals surface area contributed by atoms with Gasteiger partial charge in [0.2, 0.25) is 0 Å². The largest absolute Gasteiger partial charge is 0.383 e. The van der Waals surface area contributed by atoms with Crippen LogP contribution in [0.1, 0.15) is 5.69 Å². The van der Waals surface area contributed by atoms with Crippen LogP contribution in [-0.4, -0.2) is 58.7 Å². The van der Waals surface area contributed by atoms with Crippen LogP contribution in [0.25, 0.3) is 0 Å². The highest BCUT2D eigenvalue weighted by atomic mass is 35.5. The SMILES string of the molecule is COCCN(C)CCNS(=O)(=O)c1sc(Cl)nc1C. The van der Waals surface area contributed by atoms with Crippen LogP contribution in [0.15, 0.2) is 4.21 Å². The van der Waals surface area contributed by atoms with Crippen LogP contribution in [0.3, 0.4) is 0 Å². The van der Waals surface area contributed by atoms with Crippen molar-refractivity contribution in [1.82, 2.24) is 14.6 Å². The number of likely N-dealkylation sites (N-methyl/N-ethyl adjacent to an activating group) is 1. The number of halogens is 1. The predicted molar refractivity (Wildman–Crippen MR) is 76.4 cm³/mol. The van der Waals surface area contributed by atoms with E-state index in [0.717, 1.165) is 17.9 Å². The first-order valence-electron chi connectivity index (χ1n) is 5.67. The lowest BCUT2D eigenvalue weighted by Crippen LogP contribution is -2.34. The van der Waals surface area contributed by atoms with Gasteiger partial charge in [-0.05, 0) is 14.0 Å². The molecule has 0 saturated carbocycles. The molecule has 0 atom stereocenters. The Morgan fingerprint density at radius 3 is 2.68 bits per heavy atom. The lowest BCUT2D eigenvalue weighted by Gasteiger charge is -2.15. The van der Waals surface area contributed by atoms with Gasteiger partial charge in [-0.25, -0.2) is 18.1 Å². The number of nitrogens with one attached hydrogen (secondary N) is 1. The van der Waals surface area contributed by atoms with Gasteiger partial charge in [-0.1, -0.05) is 22.9 Å². The molecule has 19 heavy (non-hydrogen) atoms. The van der Waals surface area contributed by atoms with Crippen molar-refractivity contribution >= 4 is 33.0 Å². The van der Waals surface area contributed by atoms with E-state index in [4.69, 9.17) is 16.3 Å². The highest BCUT2D eigenvalue weighted by molar-refractivity contribution is 7.91. The first-order valence-corrected chi connectivity index (χ1v) is 8.34. The first-order chi connectivity index (χ1) is 8.86. The van der Waals surface area contributed by atoms with E-state index >= 15 is 0 Å². The van der Waals surface area contributed by atoms with Crippen molar-refractivity contribution in [3.05, 3.63) is 10.2 Å². The minimum Gasteiger partial charge on any atom is -0.383 e.